The lowest BCUT2D eigenvalue weighted by molar-refractivity contribution is 0.0752. The Kier molecular flexibility index (Phi) is 2.85. The fourth-order valence-corrected chi connectivity index (χ4v) is 5.00. The van der Waals surface area contributed by atoms with Crippen LogP contribution < -0.4 is 4.74 Å². The fraction of sp³-hybridized carbons (Fsp3) is 0.667. The number of ether oxygens (including phenoxy) is 2. The first-order valence-corrected chi connectivity index (χ1v) is 7.96. The van der Waals surface area contributed by atoms with Crippen molar-refractivity contribution in [3.8, 4) is 5.75 Å². The normalized spacial score (nSPS) is 38.8. The molecule has 1 aromatic rings. The largest absolute Gasteiger partial charge is 0.497 e. The number of methoxy groups -OCH3 is 1. The lowest BCUT2D eigenvalue weighted by atomic mass is 9.56. The van der Waals surface area contributed by atoms with Crippen LogP contribution in [0.3, 0.4) is 0 Å². The molecule has 1 saturated heterocycles. The summed E-state index contributed by atoms with van der Waals surface area (Å²) in [6.07, 6.45) is 5.19. The van der Waals surface area contributed by atoms with Crippen LogP contribution in [0.5, 0.6) is 5.75 Å². The van der Waals surface area contributed by atoms with Gasteiger partial charge >= 0.3 is 0 Å². The summed E-state index contributed by atoms with van der Waals surface area (Å²) in [6, 6.07) is 6.72. The molecule has 2 heteroatoms. The summed E-state index contributed by atoms with van der Waals surface area (Å²) in [5.74, 6) is 3.37. The van der Waals surface area contributed by atoms with Gasteiger partial charge in [0.15, 0.2) is 0 Å². The topological polar surface area (TPSA) is 18.5 Å². The Labute approximate surface area is 121 Å². The maximum atomic E-state index is 5.85. The molecule has 0 radical (unpaired) electrons. The van der Waals surface area contributed by atoms with E-state index in [1.165, 1.54) is 31.2 Å². The lowest BCUT2D eigenvalue weighted by Crippen LogP contribution is -2.41. The van der Waals surface area contributed by atoms with Gasteiger partial charge in [0.25, 0.3) is 0 Å². The van der Waals surface area contributed by atoms with Crippen molar-refractivity contribution in [2.75, 3.05) is 20.3 Å². The molecule has 2 aliphatic carbocycles. The maximum Gasteiger partial charge on any atom is 0.119 e. The average molecular weight is 272 g/mol. The van der Waals surface area contributed by atoms with E-state index in [9.17, 15) is 0 Å². The van der Waals surface area contributed by atoms with E-state index in [-0.39, 0.29) is 0 Å². The van der Waals surface area contributed by atoms with E-state index in [4.69, 9.17) is 9.47 Å². The van der Waals surface area contributed by atoms with Crippen molar-refractivity contribution < 1.29 is 9.47 Å². The van der Waals surface area contributed by atoms with Gasteiger partial charge in [-0.3, -0.25) is 0 Å². The molecule has 0 unspecified atom stereocenters. The summed E-state index contributed by atoms with van der Waals surface area (Å²) in [6.45, 7) is 4.42. The minimum Gasteiger partial charge on any atom is -0.497 e. The molecule has 1 saturated carbocycles. The molecule has 2 nitrogen and oxygen atoms in total. The molecule has 108 valence electrons. The molecule has 1 heterocycles. The molecule has 0 bridgehead atoms. The van der Waals surface area contributed by atoms with Crippen LogP contribution in [0.2, 0.25) is 0 Å². The predicted molar refractivity (Wildman–Crippen MR) is 79.2 cm³/mol. The second-order valence-electron chi connectivity index (χ2n) is 7.19. The second kappa shape index (κ2) is 4.49. The minimum absolute atomic E-state index is 0.450. The molecule has 3 aliphatic rings. The first-order valence-electron chi connectivity index (χ1n) is 7.96. The SMILES string of the molecule is COc1ccc2c(c1)CC[C@@H]1[C@@H]2CC[C@]2(C)COC[C@@H]12. The first-order chi connectivity index (χ1) is 9.71. The van der Waals surface area contributed by atoms with Crippen LogP contribution in [0, 0.1) is 17.3 Å². The van der Waals surface area contributed by atoms with Crippen LogP contribution in [-0.2, 0) is 11.2 Å². The Morgan fingerprint density at radius 3 is 3.05 bits per heavy atom. The van der Waals surface area contributed by atoms with Crippen molar-refractivity contribution in [1.82, 2.24) is 0 Å². The van der Waals surface area contributed by atoms with Gasteiger partial charge in [-0.1, -0.05) is 13.0 Å². The summed E-state index contributed by atoms with van der Waals surface area (Å²) in [7, 11) is 1.76. The van der Waals surface area contributed by atoms with E-state index in [1.807, 2.05) is 0 Å². The molecule has 20 heavy (non-hydrogen) atoms. The Hall–Kier alpha value is -1.02. The summed E-state index contributed by atoms with van der Waals surface area (Å²) < 4.78 is 11.2. The molecule has 1 aromatic carbocycles. The molecule has 4 rings (SSSR count). The molecular weight excluding hydrogens is 248 g/mol. The van der Waals surface area contributed by atoms with Crippen molar-refractivity contribution in [1.29, 1.82) is 0 Å². The van der Waals surface area contributed by atoms with E-state index in [0.717, 1.165) is 36.7 Å². The number of rotatable bonds is 1. The van der Waals surface area contributed by atoms with Crippen LogP contribution in [-0.4, -0.2) is 20.3 Å². The molecule has 1 aliphatic heterocycles. The number of aryl methyl sites for hydroxylation is 1. The Bertz CT molecular complexity index is 524. The Morgan fingerprint density at radius 1 is 1.30 bits per heavy atom. The summed E-state index contributed by atoms with van der Waals surface area (Å²) >= 11 is 0. The number of benzene rings is 1. The van der Waals surface area contributed by atoms with Gasteiger partial charge in [0, 0.05) is 0 Å². The molecule has 2 fully saturated rings. The molecule has 0 spiro atoms. The molecule has 0 N–H and O–H groups in total. The van der Waals surface area contributed by atoms with Gasteiger partial charge < -0.3 is 9.47 Å². The van der Waals surface area contributed by atoms with Gasteiger partial charge in [-0.15, -0.1) is 0 Å². The summed E-state index contributed by atoms with van der Waals surface area (Å²) in [5.41, 5.74) is 3.56. The lowest BCUT2D eigenvalue weighted by Gasteiger charge is -2.48. The highest BCUT2D eigenvalue weighted by Crippen LogP contribution is 2.56. The minimum atomic E-state index is 0.450. The highest BCUT2D eigenvalue weighted by Gasteiger charge is 2.51. The van der Waals surface area contributed by atoms with Crippen molar-refractivity contribution in [3.05, 3.63) is 29.3 Å². The maximum absolute atomic E-state index is 5.85. The number of hydrogen-bond acceptors (Lipinski definition) is 2. The standard InChI is InChI=1S/C18H24O2/c1-18-8-7-15-14-6-4-13(19-2)9-12(14)3-5-16(15)17(18)10-20-11-18/h4,6,9,15-17H,3,5,7-8,10-11H2,1-2H3/t15-,16-,17+,18-/m1/s1. The van der Waals surface area contributed by atoms with Crippen LogP contribution in [0.25, 0.3) is 0 Å². The van der Waals surface area contributed by atoms with Gasteiger partial charge in [0.05, 0.1) is 20.3 Å². The molecule has 0 aromatic heterocycles. The summed E-state index contributed by atoms with van der Waals surface area (Å²) in [4.78, 5) is 0. The zero-order chi connectivity index (χ0) is 13.7. The van der Waals surface area contributed by atoms with Crippen molar-refractivity contribution in [3.63, 3.8) is 0 Å². The Morgan fingerprint density at radius 2 is 2.20 bits per heavy atom. The fourth-order valence-electron chi connectivity index (χ4n) is 5.00. The van der Waals surface area contributed by atoms with Gasteiger partial charge in [0.1, 0.15) is 5.75 Å². The van der Waals surface area contributed by atoms with Crippen molar-refractivity contribution in [2.45, 2.75) is 38.5 Å². The zero-order valence-corrected chi connectivity index (χ0v) is 12.5. The van der Waals surface area contributed by atoms with Gasteiger partial charge in [0.2, 0.25) is 0 Å². The average Bonchev–Trinajstić information content (AvgIpc) is 2.88. The van der Waals surface area contributed by atoms with E-state index >= 15 is 0 Å². The second-order valence-corrected chi connectivity index (χ2v) is 7.19. The third kappa shape index (κ3) is 1.74. The zero-order valence-electron chi connectivity index (χ0n) is 12.5. The molecular formula is C18H24O2. The van der Waals surface area contributed by atoms with Crippen LogP contribution in [0.1, 0.15) is 43.2 Å². The van der Waals surface area contributed by atoms with Gasteiger partial charge in [-0.2, -0.15) is 0 Å². The highest BCUT2D eigenvalue weighted by molar-refractivity contribution is 5.40. The highest BCUT2D eigenvalue weighted by atomic mass is 16.5. The predicted octanol–water partition coefficient (Wildman–Crippen LogP) is 3.79. The number of fused-ring (bicyclic) bond motifs is 5. The smallest absolute Gasteiger partial charge is 0.119 e. The molecule has 4 atom stereocenters. The van der Waals surface area contributed by atoms with Crippen molar-refractivity contribution >= 4 is 0 Å². The first kappa shape index (κ1) is 12.7. The quantitative estimate of drug-likeness (QED) is 0.774. The van der Waals surface area contributed by atoms with Crippen LogP contribution >= 0.6 is 0 Å². The monoisotopic (exact) mass is 272 g/mol. The van der Waals surface area contributed by atoms with E-state index in [2.05, 4.69) is 25.1 Å². The van der Waals surface area contributed by atoms with E-state index < -0.39 is 0 Å². The van der Waals surface area contributed by atoms with E-state index in [0.29, 0.717) is 5.41 Å². The molecule has 0 amide bonds. The van der Waals surface area contributed by atoms with Crippen molar-refractivity contribution in [2.24, 2.45) is 17.3 Å². The number of hydrogen-bond donors (Lipinski definition) is 0. The van der Waals surface area contributed by atoms with Crippen LogP contribution in [0.4, 0.5) is 0 Å². The van der Waals surface area contributed by atoms with Gasteiger partial charge in [-0.25, -0.2) is 0 Å². The third-order valence-corrected chi connectivity index (χ3v) is 6.18. The Balaban J connectivity index is 1.69. The third-order valence-electron chi connectivity index (χ3n) is 6.18. The van der Waals surface area contributed by atoms with Gasteiger partial charge in [-0.05, 0) is 72.1 Å². The summed E-state index contributed by atoms with van der Waals surface area (Å²) in [5, 5.41) is 0. The van der Waals surface area contributed by atoms with Crippen LogP contribution in [0.15, 0.2) is 18.2 Å². The van der Waals surface area contributed by atoms with E-state index in [1.54, 1.807) is 12.7 Å².